The van der Waals surface area contributed by atoms with Gasteiger partial charge in [0.25, 0.3) is 0 Å². The van der Waals surface area contributed by atoms with Crippen LogP contribution in [-0.4, -0.2) is 56.7 Å². The van der Waals surface area contributed by atoms with Crippen molar-refractivity contribution in [2.45, 2.75) is 96.6 Å². The molecule has 0 amide bonds. The number of rotatable bonds is 23. The van der Waals surface area contributed by atoms with Crippen molar-refractivity contribution in [3.8, 4) is 0 Å². The molecule has 0 spiro atoms. The van der Waals surface area contributed by atoms with Crippen molar-refractivity contribution in [2.75, 3.05) is 31.9 Å². The number of aromatic nitrogens is 4. The molecule has 2 heterocycles. The van der Waals surface area contributed by atoms with Gasteiger partial charge in [-0.3, -0.25) is 4.57 Å². The van der Waals surface area contributed by atoms with E-state index in [0.29, 0.717) is 37.2 Å². The highest BCUT2D eigenvalue weighted by Gasteiger charge is 2.25. The number of fused-ring (bicyclic) bond motifs is 1. The maximum atomic E-state index is 13.7. The molecule has 10 nitrogen and oxygen atoms in total. The van der Waals surface area contributed by atoms with Gasteiger partial charge >= 0.3 is 7.60 Å². The van der Waals surface area contributed by atoms with E-state index in [0.717, 1.165) is 57.8 Å². The summed E-state index contributed by atoms with van der Waals surface area (Å²) in [5.41, 5.74) is 6.08. The second kappa shape index (κ2) is 19.2. The van der Waals surface area contributed by atoms with Crippen molar-refractivity contribution in [1.29, 1.82) is 0 Å². The summed E-state index contributed by atoms with van der Waals surface area (Å²) in [5.74, 6) is -9.11. The SMILES string of the molecule is C[C@H](Cn1cnc2c(N)ncnc21)OCP(=O)(O)OCCOCCCCCCCCCCCCCc1c(F)c(F)c(F)c(F)c1F. The fraction of sp³-hybridized carbons (Fsp3) is 0.633. The van der Waals surface area contributed by atoms with Gasteiger partial charge in [-0.2, -0.15) is 0 Å². The van der Waals surface area contributed by atoms with E-state index in [1.165, 1.54) is 6.33 Å². The van der Waals surface area contributed by atoms with Crippen LogP contribution in [0.3, 0.4) is 0 Å². The maximum absolute atomic E-state index is 13.7. The standard InChI is InChI=1S/C30H43F5N5O5P/c1-21(17-40-19-39-28-29(36)37-18-38-30(28)40)44-20-46(41,42)45-16-15-43-14-12-10-8-6-4-2-3-5-7-9-11-13-22-23(31)25(33)27(35)26(34)24(22)32/h18-19,21H,2-17,20H2,1H3,(H,41,42)(H2,36,37,38)/t21-/m1/s1. The van der Waals surface area contributed by atoms with Gasteiger partial charge in [0.1, 0.15) is 18.2 Å². The molecule has 0 saturated carbocycles. The average molecular weight is 680 g/mol. The highest BCUT2D eigenvalue weighted by molar-refractivity contribution is 7.52. The van der Waals surface area contributed by atoms with E-state index in [2.05, 4.69) is 15.0 Å². The summed E-state index contributed by atoms with van der Waals surface area (Å²) in [4.78, 5) is 22.3. The zero-order chi connectivity index (χ0) is 33.5. The van der Waals surface area contributed by atoms with Gasteiger partial charge in [-0.15, -0.1) is 0 Å². The zero-order valence-electron chi connectivity index (χ0n) is 26.0. The number of nitrogens with two attached hydrogens (primary N) is 1. The third-order valence-electron chi connectivity index (χ3n) is 7.44. The molecule has 3 aromatic rings. The van der Waals surface area contributed by atoms with E-state index in [-0.39, 0.29) is 25.5 Å². The number of halogens is 5. The predicted octanol–water partition coefficient (Wildman–Crippen LogP) is 7.22. The zero-order valence-corrected chi connectivity index (χ0v) is 26.9. The summed E-state index contributed by atoms with van der Waals surface area (Å²) in [6.45, 7) is 2.81. The van der Waals surface area contributed by atoms with Gasteiger partial charge < -0.3 is 29.2 Å². The molecule has 2 aromatic heterocycles. The molecule has 1 aromatic carbocycles. The van der Waals surface area contributed by atoms with Gasteiger partial charge in [0, 0.05) is 12.2 Å². The van der Waals surface area contributed by atoms with Crippen LogP contribution in [0, 0.1) is 29.1 Å². The smallest absolute Gasteiger partial charge is 0.353 e. The minimum Gasteiger partial charge on any atom is -0.382 e. The predicted molar refractivity (Wildman–Crippen MR) is 162 cm³/mol. The Morgan fingerprint density at radius 3 is 2.00 bits per heavy atom. The lowest BCUT2D eigenvalue weighted by Crippen LogP contribution is -2.18. The Bertz CT molecular complexity index is 1400. The minimum atomic E-state index is -3.94. The summed E-state index contributed by atoms with van der Waals surface area (Å²) >= 11 is 0. The van der Waals surface area contributed by atoms with E-state index in [1.807, 2.05) is 0 Å². The van der Waals surface area contributed by atoms with E-state index in [9.17, 15) is 31.4 Å². The summed E-state index contributed by atoms with van der Waals surface area (Å²) in [6, 6.07) is 0. The van der Waals surface area contributed by atoms with Gasteiger partial charge in [-0.25, -0.2) is 36.9 Å². The molecule has 0 fully saturated rings. The third-order valence-corrected chi connectivity index (χ3v) is 8.50. The molecule has 258 valence electrons. The first-order valence-corrected chi connectivity index (χ1v) is 17.4. The van der Waals surface area contributed by atoms with E-state index in [1.54, 1.807) is 17.8 Å². The summed E-state index contributed by atoms with van der Waals surface area (Å²) in [6.07, 6.45) is 11.9. The van der Waals surface area contributed by atoms with E-state index < -0.39 is 54.7 Å². The second-order valence-electron chi connectivity index (χ2n) is 11.2. The molecule has 46 heavy (non-hydrogen) atoms. The number of hydrogen-bond acceptors (Lipinski definition) is 8. The fourth-order valence-electron chi connectivity index (χ4n) is 4.93. The number of nitrogen functional groups attached to an aromatic ring is 1. The van der Waals surface area contributed by atoms with Crippen molar-refractivity contribution in [2.24, 2.45) is 0 Å². The monoisotopic (exact) mass is 679 g/mol. The van der Waals surface area contributed by atoms with Gasteiger partial charge in [-0.05, 0) is 26.2 Å². The molecule has 3 rings (SSSR count). The topological polar surface area (TPSA) is 135 Å². The quantitative estimate of drug-likeness (QED) is 0.0350. The van der Waals surface area contributed by atoms with Crippen molar-refractivity contribution >= 4 is 24.6 Å². The normalized spacial score (nSPS) is 13.8. The Morgan fingerprint density at radius 2 is 1.37 bits per heavy atom. The molecule has 0 saturated heterocycles. The number of imidazole rings is 1. The highest BCUT2D eigenvalue weighted by atomic mass is 31.2. The highest BCUT2D eigenvalue weighted by Crippen LogP contribution is 2.41. The number of nitrogens with zero attached hydrogens (tertiary/aromatic N) is 4. The first-order chi connectivity index (χ1) is 22.0. The van der Waals surface area contributed by atoms with Crippen LogP contribution in [0.15, 0.2) is 12.7 Å². The van der Waals surface area contributed by atoms with Crippen LogP contribution >= 0.6 is 7.60 Å². The van der Waals surface area contributed by atoms with Crippen LogP contribution in [0.5, 0.6) is 0 Å². The minimum absolute atomic E-state index is 0.0228. The van der Waals surface area contributed by atoms with Crippen molar-refractivity contribution in [3.63, 3.8) is 0 Å². The Labute approximate surface area is 265 Å². The Hall–Kier alpha value is -2.71. The van der Waals surface area contributed by atoms with Crippen molar-refractivity contribution < 1.29 is 45.4 Å². The second-order valence-corrected chi connectivity index (χ2v) is 13.0. The number of benzene rings is 1. The van der Waals surface area contributed by atoms with Crippen LogP contribution in [0.4, 0.5) is 27.8 Å². The lowest BCUT2D eigenvalue weighted by Gasteiger charge is -2.17. The van der Waals surface area contributed by atoms with Crippen LogP contribution in [0.1, 0.15) is 83.1 Å². The molecule has 0 radical (unpaired) electrons. The van der Waals surface area contributed by atoms with Gasteiger partial charge in [0.2, 0.25) is 5.82 Å². The molecule has 16 heteroatoms. The number of anilines is 1. The number of unbranched alkanes of at least 4 members (excludes halogenated alkanes) is 10. The Kier molecular flexibility index (Phi) is 15.7. The molecule has 0 bridgehead atoms. The fourth-order valence-corrected chi connectivity index (χ4v) is 5.81. The number of ether oxygens (including phenoxy) is 2. The van der Waals surface area contributed by atoms with Crippen LogP contribution in [0.2, 0.25) is 0 Å². The van der Waals surface area contributed by atoms with Crippen LogP contribution in [0.25, 0.3) is 11.2 Å². The largest absolute Gasteiger partial charge is 0.382 e. The summed E-state index contributed by atoms with van der Waals surface area (Å²) < 4.78 is 97.1. The molecular weight excluding hydrogens is 636 g/mol. The summed E-state index contributed by atoms with van der Waals surface area (Å²) in [7, 11) is -3.94. The van der Waals surface area contributed by atoms with Gasteiger partial charge in [0.05, 0.1) is 32.2 Å². The molecule has 0 aliphatic heterocycles. The molecule has 0 aliphatic carbocycles. The van der Waals surface area contributed by atoms with E-state index in [4.69, 9.17) is 19.7 Å². The van der Waals surface area contributed by atoms with Crippen molar-refractivity contribution in [3.05, 3.63) is 47.3 Å². The van der Waals surface area contributed by atoms with Crippen LogP contribution in [-0.2, 0) is 31.5 Å². The molecule has 2 atom stereocenters. The third kappa shape index (κ3) is 11.8. The van der Waals surface area contributed by atoms with Gasteiger partial charge in [0.15, 0.2) is 34.7 Å². The molecule has 1 unspecified atom stereocenters. The first-order valence-electron chi connectivity index (χ1n) is 15.6. The molecular formula is C30H43F5N5O5P. The lowest BCUT2D eigenvalue weighted by molar-refractivity contribution is 0.0610. The molecule has 0 aliphatic rings. The van der Waals surface area contributed by atoms with E-state index >= 15 is 0 Å². The Morgan fingerprint density at radius 1 is 0.804 bits per heavy atom. The summed E-state index contributed by atoms with van der Waals surface area (Å²) in [5, 5.41) is 0. The number of hydrogen-bond donors (Lipinski definition) is 2. The Balaban J connectivity index is 1.10. The van der Waals surface area contributed by atoms with Crippen LogP contribution < -0.4 is 5.73 Å². The van der Waals surface area contributed by atoms with Gasteiger partial charge in [-0.1, -0.05) is 57.8 Å². The average Bonchev–Trinajstić information content (AvgIpc) is 3.44. The first kappa shape index (κ1) is 37.7. The van der Waals surface area contributed by atoms with Crippen molar-refractivity contribution in [1.82, 2.24) is 19.5 Å². The lowest BCUT2D eigenvalue weighted by atomic mass is 10.0. The molecule has 3 N–H and O–H groups in total. The maximum Gasteiger partial charge on any atom is 0.353 e.